The Morgan fingerprint density at radius 1 is 0.964 bits per heavy atom. The molecule has 6 heteroatoms. The predicted octanol–water partition coefficient (Wildman–Crippen LogP) is 4.36. The van der Waals surface area contributed by atoms with E-state index in [1.54, 1.807) is 12.4 Å². The van der Waals surface area contributed by atoms with Crippen molar-refractivity contribution in [1.29, 1.82) is 0 Å². The standard InChI is InChI=1S/C22H23N5O/c1-2-4-15(5-3-1)14-28-22-18-7-6-17(12-16(18)8-9-25-22)27-21-20-19(13-26-21)23-10-11-24-20/h6-12,15H,1-5,13-14H2,(H,26,27). The molecule has 28 heavy (non-hydrogen) atoms. The minimum atomic E-state index is 0.572. The zero-order chi connectivity index (χ0) is 18.8. The van der Waals surface area contributed by atoms with E-state index in [2.05, 4.69) is 37.4 Å². The Bertz CT molecular complexity index is 1030. The van der Waals surface area contributed by atoms with Crippen LogP contribution < -0.4 is 10.1 Å². The van der Waals surface area contributed by atoms with E-state index in [0.29, 0.717) is 12.5 Å². The van der Waals surface area contributed by atoms with Gasteiger partial charge in [-0.3, -0.25) is 9.98 Å². The third kappa shape index (κ3) is 3.42. The van der Waals surface area contributed by atoms with Gasteiger partial charge in [0.25, 0.3) is 0 Å². The molecule has 1 aliphatic carbocycles. The molecule has 0 spiro atoms. The third-order valence-corrected chi connectivity index (χ3v) is 5.56. The van der Waals surface area contributed by atoms with Crippen molar-refractivity contribution in [2.75, 3.05) is 11.9 Å². The van der Waals surface area contributed by atoms with Gasteiger partial charge in [0.15, 0.2) is 5.84 Å². The molecule has 3 heterocycles. The fourth-order valence-corrected chi connectivity index (χ4v) is 4.04. The summed E-state index contributed by atoms with van der Waals surface area (Å²) >= 11 is 0. The molecule has 0 saturated heterocycles. The lowest BCUT2D eigenvalue weighted by Crippen LogP contribution is -2.15. The first-order valence-corrected chi connectivity index (χ1v) is 10.00. The Balaban J connectivity index is 1.34. The lowest BCUT2D eigenvalue weighted by atomic mass is 9.90. The van der Waals surface area contributed by atoms with E-state index in [1.807, 2.05) is 18.3 Å². The number of hydrogen-bond donors (Lipinski definition) is 1. The Morgan fingerprint density at radius 3 is 2.79 bits per heavy atom. The van der Waals surface area contributed by atoms with Crippen LogP contribution in [0.25, 0.3) is 10.8 Å². The summed E-state index contributed by atoms with van der Waals surface area (Å²) in [5.41, 5.74) is 2.71. The molecule has 1 aromatic carbocycles. The largest absolute Gasteiger partial charge is 0.477 e. The van der Waals surface area contributed by atoms with Gasteiger partial charge in [0.2, 0.25) is 5.88 Å². The minimum absolute atomic E-state index is 0.572. The molecule has 0 radical (unpaired) electrons. The number of pyridine rings is 1. The van der Waals surface area contributed by atoms with Crippen LogP contribution in [0.5, 0.6) is 5.88 Å². The van der Waals surface area contributed by atoms with Crippen LogP contribution in [0.1, 0.15) is 43.5 Å². The van der Waals surface area contributed by atoms with Crippen molar-refractivity contribution in [3.8, 4) is 5.88 Å². The van der Waals surface area contributed by atoms with E-state index in [-0.39, 0.29) is 0 Å². The van der Waals surface area contributed by atoms with E-state index in [0.717, 1.165) is 46.2 Å². The zero-order valence-corrected chi connectivity index (χ0v) is 15.8. The Kier molecular flexibility index (Phi) is 4.61. The van der Waals surface area contributed by atoms with Crippen LogP contribution in [0.15, 0.2) is 47.8 Å². The average molecular weight is 373 g/mol. The summed E-state index contributed by atoms with van der Waals surface area (Å²) in [6.45, 7) is 1.33. The fraction of sp³-hybridized carbons (Fsp3) is 0.364. The number of aromatic nitrogens is 3. The number of hydrogen-bond acceptors (Lipinski definition) is 6. The van der Waals surface area contributed by atoms with E-state index >= 15 is 0 Å². The highest BCUT2D eigenvalue weighted by atomic mass is 16.5. The summed E-state index contributed by atoms with van der Waals surface area (Å²) in [6.07, 6.45) is 11.8. The van der Waals surface area contributed by atoms with Gasteiger partial charge in [-0.15, -0.1) is 0 Å². The van der Waals surface area contributed by atoms with Gasteiger partial charge in [0.05, 0.1) is 18.8 Å². The monoisotopic (exact) mass is 373 g/mol. The highest BCUT2D eigenvalue weighted by molar-refractivity contribution is 6.09. The van der Waals surface area contributed by atoms with Crippen molar-refractivity contribution < 1.29 is 4.74 Å². The number of benzene rings is 1. The van der Waals surface area contributed by atoms with Gasteiger partial charge >= 0.3 is 0 Å². The van der Waals surface area contributed by atoms with E-state index in [1.165, 1.54) is 32.1 Å². The van der Waals surface area contributed by atoms with Crippen LogP contribution in [0, 0.1) is 5.92 Å². The first kappa shape index (κ1) is 17.1. The molecule has 0 atom stereocenters. The Hall–Kier alpha value is -3.02. The van der Waals surface area contributed by atoms with Crippen LogP contribution in [-0.2, 0) is 6.54 Å². The maximum absolute atomic E-state index is 6.11. The SMILES string of the molecule is c1cnc2c(n1)CN=C2Nc1ccc2c(OCC3CCCCC3)nccc2c1. The second kappa shape index (κ2) is 7.54. The van der Waals surface area contributed by atoms with Crippen LogP contribution >= 0.6 is 0 Å². The molecule has 0 amide bonds. The highest BCUT2D eigenvalue weighted by Gasteiger charge is 2.19. The zero-order valence-electron chi connectivity index (χ0n) is 15.8. The molecule has 1 fully saturated rings. The van der Waals surface area contributed by atoms with Gasteiger partial charge in [-0.25, -0.2) is 9.97 Å². The maximum Gasteiger partial charge on any atom is 0.221 e. The van der Waals surface area contributed by atoms with Crippen LogP contribution in [0.2, 0.25) is 0 Å². The molecule has 2 aliphatic rings. The smallest absolute Gasteiger partial charge is 0.221 e. The summed E-state index contributed by atoms with van der Waals surface area (Å²) in [4.78, 5) is 17.7. The molecule has 0 bridgehead atoms. The van der Waals surface area contributed by atoms with Gasteiger partial charge in [0.1, 0.15) is 5.69 Å². The molecule has 142 valence electrons. The number of aliphatic imine (C=N–C) groups is 1. The number of rotatable bonds is 4. The van der Waals surface area contributed by atoms with Crippen molar-refractivity contribution in [3.63, 3.8) is 0 Å². The van der Waals surface area contributed by atoms with Gasteiger partial charge in [-0.05, 0) is 48.4 Å². The molecule has 0 unspecified atom stereocenters. The lowest BCUT2D eigenvalue weighted by Gasteiger charge is -2.21. The number of anilines is 1. The third-order valence-electron chi connectivity index (χ3n) is 5.56. The van der Waals surface area contributed by atoms with Crippen LogP contribution in [-0.4, -0.2) is 27.4 Å². The summed E-state index contributed by atoms with van der Waals surface area (Å²) in [7, 11) is 0. The first-order chi connectivity index (χ1) is 13.9. The van der Waals surface area contributed by atoms with Crippen molar-refractivity contribution in [2.45, 2.75) is 38.6 Å². The van der Waals surface area contributed by atoms with Crippen LogP contribution in [0.3, 0.4) is 0 Å². The topological polar surface area (TPSA) is 72.3 Å². The minimum Gasteiger partial charge on any atom is -0.477 e. The number of nitrogens with zero attached hydrogens (tertiary/aromatic N) is 4. The number of fused-ring (bicyclic) bond motifs is 2. The summed E-state index contributed by atoms with van der Waals surface area (Å²) in [5.74, 6) is 2.16. The average Bonchev–Trinajstić information content (AvgIpc) is 3.16. The Labute approximate surface area is 164 Å². The molecule has 1 saturated carbocycles. The molecular weight excluding hydrogens is 350 g/mol. The summed E-state index contributed by atoms with van der Waals surface area (Å²) < 4.78 is 6.11. The van der Waals surface area contributed by atoms with Crippen molar-refractivity contribution >= 4 is 22.3 Å². The fourth-order valence-electron chi connectivity index (χ4n) is 4.04. The number of nitrogens with one attached hydrogen (secondary N) is 1. The summed E-state index contributed by atoms with van der Waals surface area (Å²) in [5, 5.41) is 5.51. The van der Waals surface area contributed by atoms with Crippen molar-refractivity contribution in [2.24, 2.45) is 10.9 Å². The number of amidine groups is 1. The highest BCUT2D eigenvalue weighted by Crippen LogP contribution is 2.29. The maximum atomic E-state index is 6.11. The van der Waals surface area contributed by atoms with E-state index in [4.69, 9.17) is 4.74 Å². The molecule has 5 rings (SSSR count). The second-order valence-corrected chi connectivity index (χ2v) is 7.51. The lowest BCUT2D eigenvalue weighted by molar-refractivity contribution is 0.205. The number of ether oxygens (including phenoxy) is 1. The Morgan fingerprint density at radius 2 is 1.86 bits per heavy atom. The molecule has 6 nitrogen and oxygen atoms in total. The molecular formula is C22H23N5O. The molecule has 3 aromatic rings. The van der Waals surface area contributed by atoms with Crippen molar-refractivity contribution in [1.82, 2.24) is 15.0 Å². The predicted molar refractivity (Wildman–Crippen MR) is 110 cm³/mol. The normalized spacial score (nSPS) is 16.6. The van der Waals surface area contributed by atoms with E-state index < -0.39 is 0 Å². The van der Waals surface area contributed by atoms with Crippen LogP contribution in [0.4, 0.5) is 5.69 Å². The quantitative estimate of drug-likeness (QED) is 0.736. The van der Waals surface area contributed by atoms with E-state index in [9.17, 15) is 0 Å². The van der Waals surface area contributed by atoms with Gasteiger partial charge < -0.3 is 10.1 Å². The van der Waals surface area contributed by atoms with Gasteiger partial charge in [-0.1, -0.05) is 19.3 Å². The van der Waals surface area contributed by atoms with Crippen molar-refractivity contribution in [3.05, 3.63) is 54.2 Å². The van der Waals surface area contributed by atoms with Gasteiger partial charge in [0, 0.05) is 29.7 Å². The molecule has 1 aliphatic heterocycles. The summed E-state index contributed by atoms with van der Waals surface area (Å²) in [6, 6.07) is 8.21. The first-order valence-electron chi connectivity index (χ1n) is 10.00. The van der Waals surface area contributed by atoms with Gasteiger partial charge in [-0.2, -0.15) is 0 Å². The molecule has 2 aromatic heterocycles. The second-order valence-electron chi connectivity index (χ2n) is 7.51. The molecule has 1 N–H and O–H groups in total.